The zero-order valence-electron chi connectivity index (χ0n) is 10.2. The number of rotatable bonds is 5. The van der Waals surface area contributed by atoms with Crippen LogP contribution < -0.4 is 11.1 Å². The highest BCUT2D eigenvalue weighted by atomic mass is 32.1. The highest BCUT2D eigenvalue weighted by molar-refractivity contribution is 7.80. The van der Waals surface area contributed by atoms with Crippen molar-refractivity contribution in [1.82, 2.24) is 0 Å². The van der Waals surface area contributed by atoms with Gasteiger partial charge >= 0.3 is 0 Å². The quantitative estimate of drug-likeness (QED) is 0.770. The van der Waals surface area contributed by atoms with Crippen LogP contribution in [0.4, 0.5) is 5.69 Å². The summed E-state index contributed by atoms with van der Waals surface area (Å²) in [5, 5.41) is 3.37. The summed E-state index contributed by atoms with van der Waals surface area (Å²) in [6, 6.07) is 8.79. The molecule has 0 aliphatic rings. The van der Waals surface area contributed by atoms with Crippen molar-refractivity contribution in [2.24, 2.45) is 5.73 Å². The Hall–Kier alpha value is -1.09. The lowest BCUT2D eigenvalue weighted by molar-refractivity contribution is 0.837. The first kappa shape index (κ1) is 13.0. The molecule has 88 valence electrons. The van der Waals surface area contributed by atoms with Gasteiger partial charge in [-0.1, -0.05) is 38.2 Å². The van der Waals surface area contributed by atoms with Gasteiger partial charge in [-0.2, -0.15) is 0 Å². The summed E-state index contributed by atoms with van der Waals surface area (Å²) in [6.45, 7) is 6.46. The van der Waals surface area contributed by atoms with E-state index in [0.717, 1.165) is 12.1 Å². The van der Waals surface area contributed by atoms with Crippen molar-refractivity contribution in [2.75, 3.05) is 5.32 Å². The smallest absolute Gasteiger partial charge is 0.0747 e. The van der Waals surface area contributed by atoms with Crippen molar-refractivity contribution in [1.29, 1.82) is 0 Å². The molecule has 0 amide bonds. The molecule has 0 saturated carbocycles. The summed E-state index contributed by atoms with van der Waals surface area (Å²) in [4.78, 5) is 0.554. The Kier molecular flexibility index (Phi) is 4.74. The number of benzene rings is 1. The molecule has 3 heteroatoms. The van der Waals surface area contributed by atoms with Crippen LogP contribution in [0.25, 0.3) is 0 Å². The van der Waals surface area contributed by atoms with Crippen molar-refractivity contribution < 1.29 is 0 Å². The van der Waals surface area contributed by atoms with Gasteiger partial charge < -0.3 is 11.1 Å². The summed E-state index contributed by atoms with van der Waals surface area (Å²) in [6.07, 6.45) is 0.723. The van der Waals surface area contributed by atoms with Gasteiger partial charge in [0, 0.05) is 18.2 Å². The lowest BCUT2D eigenvalue weighted by Crippen LogP contribution is -2.22. The first-order chi connectivity index (χ1) is 7.49. The van der Waals surface area contributed by atoms with Crippen molar-refractivity contribution >= 4 is 22.9 Å². The molecular weight excluding hydrogens is 216 g/mol. The van der Waals surface area contributed by atoms with Crippen LogP contribution in [0.15, 0.2) is 24.3 Å². The van der Waals surface area contributed by atoms with Gasteiger partial charge in [0.05, 0.1) is 4.99 Å². The molecule has 1 unspecified atom stereocenters. The van der Waals surface area contributed by atoms with Crippen LogP contribution in [0.3, 0.4) is 0 Å². The third kappa shape index (κ3) is 4.19. The number of nitrogens with one attached hydrogen (secondary N) is 1. The molecule has 1 aromatic rings. The SMILES string of the molecule is CC(CC(N)=S)Nc1ccc(C(C)C)cc1. The van der Waals surface area contributed by atoms with Crippen LogP contribution in [0.5, 0.6) is 0 Å². The van der Waals surface area contributed by atoms with Gasteiger partial charge in [0.2, 0.25) is 0 Å². The molecule has 0 saturated heterocycles. The standard InChI is InChI=1S/C13H20N2S/c1-9(2)11-4-6-12(7-5-11)15-10(3)8-13(14)16/h4-7,9-10,15H,8H2,1-3H3,(H2,14,16). The minimum Gasteiger partial charge on any atom is -0.393 e. The zero-order chi connectivity index (χ0) is 12.1. The molecule has 0 aromatic heterocycles. The third-order valence-corrected chi connectivity index (χ3v) is 2.66. The molecule has 1 rings (SSSR count). The molecule has 1 aromatic carbocycles. The number of nitrogens with two attached hydrogens (primary N) is 1. The third-order valence-electron chi connectivity index (χ3n) is 2.50. The van der Waals surface area contributed by atoms with Gasteiger partial charge in [-0.05, 0) is 30.5 Å². The molecule has 0 heterocycles. The summed E-state index contributed by atoms with van der Waals surface area (Å²) in [5.41, 5.74) is 7.98. The minimum atomic E-state index is 0.280. The van der Waals surface area contributed by atoms with Crippen molar-refractivity contribution in [3.8, 4) is 0 Å². The Morgan fingerprint density at radius 1 is 1.25 bits per heavy atom. The highest BCUT2D eigenvalue weighted by Gasteiger charge is 2.04. The van der Waals surface area contributed by atoms with Crippen LogP contribution >= 0.6 is 12.2 Å². The number of anilines is 1. The Bertz CT molecular complexity index is 343. The molecular formula is C13H20N2S. The predicted molar refractivity (Wildman–Crippen MR) is 75.0 cm³/mol. The van der Waals surface area contributed by atoms with Gasteiger partial charge in [-0.25, -0.2) is 0 Å². The van der Waals surface area contributed by atoms with Crippen LogP contribution in [0.2, 0.25) is 0 Å². The van der Waals surface area contributed by atoms with Crippen LogP contribution in [0, 0.1) is 0 Å². The monoisotopic (exact) mass is 236 g/mol. The first-order valence-corrected chi connectivity index (χ1v) is 6.04. The average Bonchev–Trinajstić information content (AvgIpc) is 2.16. The molecule has 3 N–H and O–H groups in total. The number of hydrogen-bond acceptors (Lipinski definition) is 2. The fourth-order valence-electron chi connectivity index (χ4n) is 1.60. The Labute approximate surface area is 103 Å². The second-order valence-electron chi connectivity index (χ2n) is 4.49. The Balaban J connectivity index is 2.58. The molecule has 16 heavy (non-hydrogen) atoms. The zero-order valence-corrected chi connectivity index (χ0v) is 11.0. The van der Waals surface area contributed by atoms with E-state index in [-0.39, 0.29) is 6.04 Å². The van der Waals surface area contributed by atoms with E-state index in [0.29, 0.717) is 10.9 Å². The average molecular weight is 236 g/mol. The highest BCUT2D eigenvalue weighted by Crippen LogP contribution is 2.17. The number of thiocarbonyl (C=S) groups is 1. The second-order valence-corrected chi connectivity index (χ2v) is 5.02. The maximum atomic E-state index is 5.50. The molecule has 0 fully saturated rings. The minimum absolute atomic E-state index is 0.280. The van der Waals surface area contributed by atoms with Crippen LogP contribution in [-0.2, 0) is 0 Å². The molecule has 0 spiro atoms. The lowest BCUT2D eigenvalue weighted by Gasteiger charge is -2.15. The van der Waals surface area contributed by atoms with Crippen LogP contribution in [0.1, 0.15) is 38.7 Å². The fraction of sp³-hybridized carbons (Fsp3) is 0.462. The predicted octanol–water partition coefficient (Wildman–Crippen LogP) is 3.29. The van der Waals surface area contributed by atoms with E-state index >= 15 is 0 Å². The summed E-state index contributed by atoms with van der Waals surface area (Å²) >= 11 is 4.88. The summed E-state index contributed by atoms with van der Waals surface area (Å²) in [7, 11) is 0. The van der Waals surface area contributed by atoms with Gasteiger partial charge in [0.15, 0.2) is 0 Å². The topological polar surface area (TPSA) is 38.0 Å². The molecule has 1 atom stereocenters. The molecule has 2 nitrogen and oxygen atoms in total. The second kappa shape index (κ2) is 5.85. The normalized spacial score (nSPS) is 12.5. The van der Waals surface area contributed by atoms with Crippen molar-refractivity contribution in [3.05, 3.63) is 29.8 Å². The number of hydrogen-bond donors (Lipinski definition) is 2. The van der Waals surface area contributed by atoms with Crippen LogP contribution in [-0.4, -0.2) is 11.0 Å². The first-order valence-electron chi connectivity index (χ1n) is 5.64. The van der Waals surface area contributed by atoms with E-state index in [1.807, 2.05) is 0 Å². The van der Waals surface area contributed by atoms with Gasteiger partial charge in [0.25, 0.3) is 0 Å². The molecule has 0 radical (unpaired) electrons. The van der Waals surface area contributed by atoms with Crippen molar-refractivity contribution in [3.63, 3.8) is 0 Å². The van der Waals surface area contributed by atoms with Gasteiger partial charge in [-0.3, -0.25) is 0 Å². The van der Waals surface area contributed by atoms with Gasteiger partial charge in [-0.15, -0.1) is 0 Å². The molecule has 0 bridgehead atoms. The largest absolute Gasteiger partial charge is 0.393 e. The molecule has 0 aliphatic carbocycles. The van der Waals surface area contributed by atoms with E-state index in [2.05, 4.69) is 50.4 Å². The van der Waals surface area contributed by atoms with E-state index in [1.165, 1.54) is 5.56 Å². The van der Waals surface area contributed by atoms with E-state index in [1.54, 1.807) is 0 Å². The van der Waals surface area contributed by atoms with Crippen molar-refractivity contribution in [2.45, 2.75) is 39.2 Å². The fourth-order valence-corrected chi connectivity index (χ4v) is 1.85. The van der Waals surface area contributed by atoms with E-state index < -0.39 is 0 Å². The Morgan fingerprint density at radius 2 is 1.81 bits per heavy atom. The maximum absolute atomic E-state index is 5.50. The maximum Gasteiger partial charge on any atom is 0.0747 e. The molecule has 0 aliphatic heterocycles. The summed E-state index contributed by atoms with van der Waals surface area (Å²) in [5.74, 6) is 0.572. The summed E-state index contributed by atoms with van der Waals surface area (Å²) < 4.78 is 0. The Morgan fingerprint density at radius 3 is 2.25 bits per heavy atom. The lowest BCUT2D eigenvalue weighted by atomic mass is 10.0. The van der Waals surface area contributed by atoms with Gasteiger partial charge in [0.1, 0.15) is 0 Å². The van der Waals surface area contributed by atoms with E-state index in [4.69, 9.17) is 18.0 Å². The van der Waals surface area contributed by atoms with E-state index in [9.17, 15) is 0 Å².